The molecule has 0 aliphatic heterocycles. The van der Waals surface area contributed by atoms with Gasteiger partial charge < -0.3 is 5.11 Å². The first kappa shape index (κ1) is 17.2. The maximum atomic E-state index is 12.3. The minimum absolute atomic E-state index is 0.0127. The fourth-order valence-corrected chi connectivity index (χ4v) is 1.99. The number of halogens is 2. The number of hydrogen-bond acceptors (Lipinski definition) is 3. The van der Waals surface area contributed by atoms with Crippen molar-refractivity contribution in [3.63, 3.8) is 0 Å². The zero-order valence-corrected chi connectivity index (χ0v) is 11.7. The minimum Gasteiger partial charge on any atom is -0.480 e. The van der Waals surface area contributed by atoms with Gasteiger partial charge in [-0.1, -0.05) is 0 Å². The molecule has 0 aromatic rings. The van der Waals surface area contributed by atoms with Crippen LogP contribution in [0.15, 0.2) is 0 Å². The molecule has 0 aromatic carbocycles. The Bertz CT molecular complexity index is 275. The summed E-state index contributed by atoms with van der Waals surface area (Å²) in [7, 11) is 1.58. The molecule has 2 N–H and O–H groups in total. The van der Waals surface area contributed by atoms with Gasteiger partial charge in [0.2, 0.25) is 0 Å². The van der Waals surface area contributed by atoms with Crippen LogP contribution in [0, 0.1) is 0 Å². The molecule has 108 valence electrons. The van der Waals surface area contributed by atoms with Gasteiger partial charge in [-0.05, 0) is 41.2 Å². The molecule has 2 atom stereocenters. The molecule has 0 spiro atoms. The number of nitrogens with zero attached hydrogens (tertiary/aromatic N) is 1. The Morgan fingerprint density at radius 3 is 2.22 bits per heavy atom. The summed E-state index contributed by atoms with van der Waals surface area (Å²) in [5.41, 5.74) is -1.11. The van der Waals surface area contributed by atoms with Crippen LogP contribution < -0.4 is 5.32 Å². The number of nitrogens with one attached hydrogen (secondary N) is 1. The van der Waals surface area contributed by atoms with Crippen molar-refractivity contribution in [1.29, 1.82) is 0 Å². The normalized spacial score (nSPS) is 17.2. The summed E-state index contributed by atoms with van der Waals surface area (Å²) in [5, 5.41) is 12.2. The summed E-state index contributed by atoms with van der Waals surface area (Å²) < 4.78 is 24.5. The molecular weight excluding hydrogens is 242 g/mol. The molecule has 0 rings (SSSR count). The van der Waals surface area contributed by atoms with Gasteiger partial charge in [0.15, 0.2) is 0 Å². The second kappa shape index (κ2) is 6.99. The first-order chi connectivity index (χ1) is 8.08. The number of carboxylic acids is 1. The summed E-state index contributed by atoms with van der Waals surface area (Å²) >= 11 is 0. The monoisotopic (exact) mass is 266 g/mol. The molecule has 0 amide bonds. The lowest BCUT2D eigenvalue weighted by Gasteiger charge is -2.34. The predicted octanol–water partition coefficient (Wildman–Crippen LogP) is 1.80. The molecule has 4 nitrogen and oxygen atoms in total. The van der Waals surface area contributed by atoms with E-state index in [1.165, 1.54) is 4.90 Å². The number of rotatable bonds is 8. The SMILES string of the molecule is CC(C)NC(C)(CC(C)N(C)CC(F)F)C(=O)O. The number of carbonyl (C=O) groups is 1. The molecular formula is C12H24F2N2O2. The fraction of sp³-hybridized carbons (Fsp3) is 0.917. The average molecular weight is 266 g/mol. The van der Waals surface area contributed by atoms with Gasteiger partial charge in [-0.25, -0.2) is 8.78 Å². The molecule has 0 saturated carbocycles. The predicted molar refractivity (Wildman–Crippen MR) is 67.0 cm³/mol. The molecule has 6 heteroatoms. The third-order valence-corrected chi connectivity index (χ3v) is 2.96. The van der Waals surface area contributed by atoms with Gasteiger partial charge in [0.1, 0.15) is 5.54 Å². The second-order valence-electron chi connectivity index (χ2n) is 5.32. The summed E-state index contributed by atoms with van der Waals surface area (Å²) in [6.45, 7) is 6.70. The van der Waals surface area contributed by atoms with Gasteiger partial charge in [0.25, 0.3) is 6.43 Å². The van der Waals surface area contributed by atoms with Crippen LogP contribution in [-0.4, -0.2) is 53.6 Å². The number of carboxylic acid groups (broad SMARTS) is 1. The topological polar surface area (TPSA) is 52.6 Å². The highest BCUT2D eigenvalue weighted by Crippen LogP contribution is 2.17. The van der Waals surface area contributed by atoms with Gasteiger partial charge in [-0.15, -0.1) is 0 Å². The molecule has 0 saturated heterocycles. The highest BCUT2D eigenvalue weighted by atomic mass is 19.3. The van der Waals surface area contributed by atoms with E-state index >= 15 is 0 Å². The Hall–Kier alpha value is -0.750. The molecule has 0 radical (unpaired) electrons. The maximum absolute atomic E-state index is 12.3. The summed E-state index contributed by atoms with van der Waals surface area (Å²) in [5.74, 6) is -0.964. The fourth-order valence-electron chi connectivity index (χ4n) is 1.99. The van der Waals surface area contributed by atoms with E-state index in [0.29, 0.717) is 0 Å². The van der Waals surface area contributed by atoms with E-state index in [1.807, 2.05) is 13.8 Å². The molecule has 0 fully saturated rings. The Balaban J connectivity index is 4.63. The average Bonchev–Trinajstić information content (AvgIpc) is 2.14. The van der Waals surface area contributed by atoms with Gasteiger partial charge in [-0.3, -0.25) is 15.0 Å². The van der Waals surface area contributed by atoms with Crippen molar-refractivity contribution in [2.24, 2.45) is 0 Å². The Labute approximate surface area is 107 Å². The summed E-state index contributed by atoms with van der Waals surface area (Å²) in [6.07, 6.45) is -2.14. The largest absolute Gasteiger partial charge is 0.480 e. The van der Waals surface area contributed by atoms with Crippen LogP contribution >= 0.6 is 0 Å². The molecule has 0 aliphatic rings. The van der Waals surface area contributed by atoms with Crippen molar-refractivity contribution in [1.82, 2.24) is 10.2 Å². The van der Waals surface area contributed by atoms with Crippen molar-refractivity contribution in [3.8, 4) is 0 Å². The van der Waals surface area contributed by atoms with Crippen molar-refractivity contribution < 1.29 is 18.7 Å². The lowest BCUT2D eigenvalue weighted by Crippen LogP contribution is -2.55. The van der Waals surface area contributed by atoms with Crippen LogP contribution in [-0.2, 0) is 4.79 Å². The van der Waals surface area contributed by atoms with E-state index in [0.717, 1.165) is 0 Å². The lowest BCUT2D eigenvalue weighted by atomic mass is 9.92. The van der Waals surface area contributed by atoms with Crippen molar-refractivity contribution in [2.45, 2.75) is 58.2 Å². The molecule has 2 unspecified atom stereocenters. The van der Waals surface area contributed by atoms with E-state index in [2.05, 4.69) is 5.32 Å². The summed E-state index contributed by atoms with van der Waals surface area (Å²) in [6, 6.07) is -0.231. The van der Waals surface area contributed by atoms with E-state index < -0.39 is 17.9 Å². The number of alkyl halides is 2. The molecule has 18 heavy (non-hydrogen) atoms. The van der Waals surface area contributed by atoms with Crippen LogP contribution in [0.4, 0.5) is 8.78 Å². The first-order valence-electron chi connectivity index (χ1n) is 6.08. The molecule has 0 bridgehead atoms. The van der Waals surface area contributed by atoms with E-state index in [1.54, 1.807) is 20.9 Å². The Morgan fingerprint density at radius 2 is 1.89 bits per heavy atom. The third-order valence-electron chi connectivity index (χ3n) is 2.96. The van der Waals surface area contributed by atoms with E-state index in [-0.39, 0.29) is 25.0 Å². The zero-order chi connectivity index (χ0) is 14.5. The standard InChI is InChI=1S/C12H24F2N2O2/c1-8(2)15-12(4,11(17)18)6-9(3)16(5)7-10(13)14/h8-10,15H,6-7H2,1-5H3,(H,17,18). The van der Waals surface area contributed by atoms with Gasteiger partial charge in [0, 0.05) is 12.1 Å². The van der Waals surface area contributed by atoms with E-state index in [4.69, 9.17) is 0 Å². The molecule has 0 aliphatic carbocycles. The third kappa shape index (κ3) is 5.73. The van der Waals surface area contributed by atoms with E-state index in [9.17, 15) is 18.7 Å². The lowest BCUT2D eigenvalue weighted by molar-refractivity contribution is -0.145. The highest BCUT2D eigenvalue weighted by molar-refractivity contribution is 5.78. The van der Waals surface area contributed by atoms with Crippen molar-refractivity contribution >= 4 is 5.97 Å². The zero-order valence-electron chi connectivity index (χ0n) is 11.7. The maximum Gasteiger partial charge on any atom is 0.323 e. The van der Waals surface area contributed by atoms with Gasteiger partial charge in [0.05, 0.1) is 6.54 Å². The first-order valence-corrected chi connectivity index (χ1v) is 6.08. The number of aliphatic carboxylic acids is 1. The molecule has 0 heterocycles. The van der Waals surface area contributed by atoms with Crippen molar-refractivity contribution in [3.05, 3.63) is 0 Å². The Kier molecular flexibility index (Phi) is 6.70. The highest BCUT2D eigenvalue weighted by Gasteiger charge is 2.36. The van der Waals surface area contributed by atoms with Crippen LogP contribution in [0.3, 0.4) is 0 Å². The second-order valence-corrected chi connectivity index (χ2v) is 5.32. The Morgan fingerprint density at radius 1 is 1.39 bits per heavy atom. The van der Waals surface area contributed by atoms with Crippen molar-refractivity contribution in [2.75, 3.05) is 13.6 Å². The van der Waals surface area contributed by atoms with Crippen LogP contribution in [0.1, 0.15) is 34.1 Å². The van der Waals surface area contributed by atoms with Gasteiger partial charge in [-0.2, -0.15) is 0 Å². The van der Waals surface area contributed by atoms with Crippen LogP contribution in [0.25, 0.3) is 0 Å². The smallest absolute Gasteiger partial charge is 0.323 e. The van der Waals surface area contributed by atoms with Crippen LogP contribution in [0.2, 0.25) is 0 Å². The molecule has 0 aromatic heterocycles. The van der Waals surface area contributed by atoms with Gasteiger partial charge >= 0.3 is 5.97 Å². The van der Waals surface area contributed by atoms with Crippen LogP contribution in [0.5, 0.6) is 0 Å². The summed E-state index contributed by atoms with van der Waals surface area (Å²) in [4.78, 5) is 12.8. The minimum atomic E-state index is -2.41. The quantitative estimate of drug-likeness (QED) is 0.703. The number of hydrogen-bond donors (Lipinski definition) is 2.